The van der Waals surface area contributed by atoms with Gasteiger partial charge >= 0.3 is 5.69 Å². The van der Waals surface area contributed by atoms with Gasteiger partial charge in [-0.25, -0.2) is 4.79 Å². The largest absolute Gasteiger partial charge is 0.394 e. The van der Waals surface area contributed by atoms with Crippen LogP contribution in [-0.2, 0) is 4.74 Å². The molecule has 1 fully saturated rings. The molecule has 108 valence electrons. The van der Waals surface area contributed by atoms with Gasteiger partial charge in [0, 0.05) is 17.3 Å². The number of aliphatic hydroxyl groups excluding tert-OH is 3. The standard InChI is InChI=1S/C12H15N3O5/c1-5-2-6-3-15(12(19)14-10(6)13-5)11-9(18)8(17)7(4-16)20-11/h2-3,7-9,11,16-18H,4H2,1H3,(H,13,14,19)/t7-,8?,9?,11-/m1/s1. The zero-order valence-electron chi connectivity index (χ0n) is 10.7. The molecule has 1 aliphatic heterocycles. The van der Waals surface area contributed by atoms with Crippen LogP contribution in [0.3, 0.4) is 0 Å². The normalized spacial score (nSPS) is 30.2. The predicted molar refractivity (Wildman–Crippen MR) is 68.1 cm³/mol. The molecule has 3 heterocycles. The van der Waals surface area contributed by atoms with Crippen molar-refractivity contribution in [3.8, 4) is 0 Å². The van der Waals surface area contributed by atoms with Crippen LogP contribution in [-0.4, -0.2) is 54.8 Å². The quantitative estimate of drug-likeness (QED) is 0.540. The molecular formula is C12H15N3O5. The Hall–Kier alpha value is -1.74. The highest BCUT2D eigenvalue weighted by molar-refractivity contribution is 5.75. The molecule has 0 spiro atoms. The van der Waals surface area contributed by atoms with E-state index >= 15 is 0 Å². The molecule has 0 aromatic carbocycles. The maximum absolute atomic E-state index is 12.0. The molecule has 0 bridgehead atoms. The topological polar surface area (TPSA) is 121 Å². The fourth-order valence-electron chi connectivity index (χ4n) is 2.44. The Labute approximate surface area is 113 Å². The number of rotatable bonds is 2. The molecule has 1 aliphatic rings. The summed E-state index contributed by atoms with van der Waals surface area (Å²) in [6.07, 6.45) is -3.04. The van der Waals surface area contributed by atoms with E-state index in [2.05, 4.69) is 9.97 Å². The molecule has 20 heavy (non-hydrogen) atoms. The van der Waals surface area contributed by atoms with Crippen molar-refractivity contribution >= 4 is 11.0 Å². The Bertz CT molecular complexity index is 694. The number of fused-ring (bicyclic) bond motifs is 1. The third-order valence-electron chi connectivity index (χ3n) is 3.46. The smallest absolute Gasteiger partial charge is 0.351 e. The van der Waals surface area contributed by atoms with Crippen molar-refractivity contribution in [3.05, 3.63) is 28.4 Å². The Morgan fingerprint density at radius 1 is 1.45 bits per heavy atom. The van der Waals surface area contributed by atoms with Crippen LogP contribution in [0.1, 0.15) is 11.9 Å². The Balaban J connectivity index is 2.06. The number of aliphatic hydroxyl groups is 3. The number of nitrogens with one attached hydrogen (secondary N) is 1. The molecule has 4 atom stereocenters. The van der Waals surface area contributed by atoms with Crippen molar-refractivity contribution in [2.24, 2.45) is 0 Å². The Morgan fingerprint density at radius 3 is 2.85 bits per heavy atom. The highest BCUT2D eigenvalue weighted by Crippen LogP contribution is 2.28. The van der Waals surface area contributed by atoms with Crippen LogP contribution in [0, 0.1) is 6.92 Å². The van der Waals surface area contributed by atoms with Crippen LogP contribution in [0.2, 0.25) is 0 Å². The van der Waals surface area contributed by atoms with Gasteiger partial charge in [-0.15, -0.1) is 0 Å². The summed E-state index contributed by atoms with van der Waals surface area (Å²) in [5, 5.41) is 29.4. The third kappa shape index (κ3) is 1.93. The highest BCUT2D eigenvalue weighted by Gasteiger charge is 2.43. The first kappa shape index (κ1) is 13.3. The number of hydrogen-bond acceptors (Lipinski definition) is 6. The van der Waals surface area contributed by atoms with Gasteiger partial charge in [0.25, 0.3) is 0 Å². The molecule has 1 saturated heterocycles. The average Bonchev–Trinajstić information content (AvgIpc) is 2.89. The molecule has 2 aromatic rings. The predicted octanol–water partition coefficient (Wildman–Crippen LogP) is -1.36. The van der Waals surface area contributed by atoms with Gasteiger partial charge in [0.1, 0.15) is 24.0 Å². The van der Waals surface area contributed by atoms with Gasteiger partial charge in [0.15, 0.2) is 6.23 Å². The van der Waals surface area contributed by atoms with Gasteiger partial charge in [0.2, 0.25) is 0 Å². The van der Waals surface area contributed by atoms with E-state index in [1.165, 1.54) is 6.20 Å². The Kier molecular flexibility index (Phi) is 3.09. The number of aryl methyl sites for hydroxylation is 1. The highest BCUT2D eigenvalue weighted by atomic mass is 16.6. The lowest BCUT2D eigenvalue weighted by Gasteiger charge is -2.16. The van der Waals surface area contributed by atoms with Crippen LogP contribution >= 0.6 is 0 Å². The van der Waals surface area contributed by atoms with E-state index in [1.807, 2.05) is 6.92 Å². The summed E-state index contributed by atoms with van der Waals surface area (Å²) >= 11 is 0. The molecule has 2 aromatic heterocycles. The summed E-state index contributed by atoms with van der Waals surface area (Å²) in [6, 6.07) is 1.81. The number of aromatic nitrogens is 3. The summed E-state index contributed by atoms with van der Waals surface area (Å²) in [5.41, 5.74) is 0.704. The molecule has 0 saturated carbocycles. The van der Waals surface area contributed by atoms with Crippen molar-refractivity contribution in [3.63, 3.8) is 0 Å². The zero-order valence-corrected chi connectivity index (χ0v) is 10.7. The summed E-state index contributed by atoms with van der Waals surface area (Å²) < 4.78 is 6.44. The van der Waals surface area contributed by atoms with E-state index in [0.717, 1.165) is 10.3 Å². The van der Waals surface area contributed by atoms with Gasteiger partial charge in [-0.1, -0.05) is 0 Å². The lowest BCUT2D eigenvalue weighted by molar-refractivity contribution is -0.0547. The van der Waals surface area contributed by atoms with Crippen LogP contribution < -0.4 is 5.69 Å². The monoisotopic (exact) mass is 281 g/mol. The fourth-order valence-corrected chi connectivity index (χ4v) is 2.44. The fraction of sp³-hybridized carbons (Fsp3) is 0.500. The zero-order chi connectivity index (χ0) is 14.4. The van der Waals surface area contributed by atoms with E-state index in [0.29, 0.717) is 11.0 Å². The lowest BCUT2D eigenvalue weighted by Crippen LogP contribution is -2.35. The second-order valence-electron chi connectivity index (χ2n) is 4.92. The summed E-state index contributed by atoms with van der Waals surface area (Å²) in [7, 11) is 0. The van der Waals surface area contributed by atoms with E-state index < -0.39 is 36.8 Å². The van der Waals surface area contributed by atoms with Crippen molar-refractivity contribution in [2.45, 2.75) is 31.5 Å². The van der Waals surface area contributed by atoms with Crippen molar-refractivity contribution < 1.29 is 20.1 Å². The molecule has 2 unspecified atom stereocenters. The number of nitrogens with zero attached hydrogens (tertiary/aromatic N) is 2. The second kappa shape index (κ2) is 4.67. The van der Waals surface area contributed by atoms with E-state index in [1.54, 1.807) is 6.07 Å². The molecule has 8 nitrogen and oxygen atoms in total. The maximum Gasteiger partial charge on any atom is 0.351 e. The maximum atomic E-state index is 12.0. The first-order valence-electron chi connectivity index (χ1n) is 6.22. The first-order chi connectivity index (χ1) is 9.51. The Morgan fingerprint density at radius 2 is 2.20 bits per heavy atom. The average molecular weight is 281 g/mol. The SMILES string of the molecule is Cc1cc2cn([C@@H]3O[C@H](CO)C(O)C3O)c(=O)nc2[nH]1. The third-order valence-corrected chi connectivity index (χ3v) is 3.46. The molecule has 0 radical (unpaired) electrons. The molecule has 0 amide bonds. The van der Waals surface area contributed by atoms with E-state index in [-0.39, 0.29) is 0 Å². The first-order valence-corrected chi connectivity index (χ1v) is 6.22. The van der Waals surface area contributed by atoms with Gasteiger partial charge in [-0.2, -0.15) is 4.98 Å². The molecular weight excluding hydrogens is 266 g/mol. The van der Waals surface area contributed by atoms with Crippen LogP contribution in [0.25, 0.3) is 11.0 Å². The van der Waals surface area contributed by atoms with E-state index in [4.69, 9.17) is 9.84 Å². The minimum Gasteiger partial charge on any atom is -0.394 e. The molecule has 0 aliphatic carbocycles. The summed E-state index contributed by atoms with van der Waals surface area (Å²) in [4.78, 5) is 18.8. The number of H-pyrrole nitrogens is 1. The number of aromatic amines is 1. The van der Waals surface area contributed by atoms with E-state index in [9.17, 15) is 15.0 Å². The lowest BCUT2D eigenvalue weighted by atomic mass is 10.1. The van der Waals surface area contributed by atoms with Gasteiger partial charge in [-0.05, 0) is 13.0 Å². The number of hydrogen-bond donors (Lipinski definition) is 4. The molecule has 3 rings (SSSR count). The van der Waals surface area contributed by atoms with Crippen molar-refractivity contribution in [1.29, 1.82) is 0 Å². The minimum atomic E-state index is -1.30. The van der Waals surface area contributed by atoms with Gasteiger partial charge in [-0.3, -0.25) is 4.57 Å². The van der Waals surface area contributed by atoms with Crippen LogP contribution in [0.15, 0.2) is 17.1 Å². The second-order valence-corrected chi connectivity index (χ2v) is 4.92. The van der Waals surface area contributed by atoms with Gasteiger partial charge < -0.3 is 25.0 Å². The minimum absolute atomic E-state index is 0.442. The number of ether oxygens (including phenoxy) is 1. The van der Waals surface area contributed by atoms with Crippen LogP contribution in [0.5, 0.6) is 0 Å². The van der Waals surface area contributed by atoms with Crippen molar-refractivity contribution in [2.75, 3.05) is 6.61 Å². The molecule has 8 heteroatoms. The van der Waals surface area contributed by atoms with Gasteiger partial charge in [0.05, 0.1) is 6.61 Å². The molecule has 4 N–H and O–H groups in total. The summed E-state index contributed by atoms with van der Waals surface area (Å²) in [6.45, 7) is 1.39. The van der Waals surface area contributed by atoms with Crippen molar-refractivity contribution in [1.82, 2.24) is 14.5 Å². The summed E-state index contributed by atoms with van der Waals surface area (Å²) in [5.74, 6) is 0. The van der Waals surface area contributed by atoms with Crippen LogP contribution in [0.4, 0.5) is 0 Å².